The number of hydrogen-bond donors (Lipinski definition) is 3. The van der Waals surface area contributed by atoms with E-state index >= 15 is 0 Å². The highest BCUT2D eigenvalue weighted by molar-refractivity contribution is 5.81. The van der Waals surface area contributed by atoms with Crippen LogP contribution in [-0.4, -0.2) is 40.6 Å². The smallest absolute Gasteiger partial charge is 0.323 e. The van der Waals surface area contributed by atoms with Crippen molar-refractivity contribution in [2.75, 3.05) is 24.3 Å². The lowest BCUT2D eigenvalue weighted by Crippen LogP contribution is -2.33. The van der Waals surface area contributed by atoms with Gasteiger partial charge in [0.1, 0.15) is 6.04 Å². The van der Waals surface area contributed by atoms with Gasteiger partial charge in [-0.05, 0) is 13.3 Å². The third-order valence-corrected chi connectivity index (χ3v) is 2.05. The number of rotatable bonds is 7. The predicted molar refractivity (Wildman–Crippen MR) is 67.4 cm³/mol. The maximum atomic E-state index is 11.0. The number of nitrogens with one attached hydrogen (secondary N) is 2. The van der Waals surface area contributed by atoms with Crippen LogP contribution in [-0.2, 0) is 4.79 Å². The van der Waals surface area contributed by atoms with Gasteiger partial charge >= 0.3 is 6.01 Å². The van der Waals surface area contributed by atoms with Crippen LogP contribution in [0.1, 0.15) is 20.3 Å². The summed E-state index contributed by atoms with van der Waals surface area (Å²) in [5.74, 6) is 0.111. The fourth-order valence-corrected chi connectivity index (χ4v) is 1.06. The van der Waals surface area contributed by atoms with Gasteiger partial charge in [-0.2, -0.15) is 15.0 Å². The summed E-state index contributed by atoms with van der Waals surface area (Å²) in [5.41, 5.74) is 5.15. The van der Waals surface area contributed by atoms with Crippen LogP contribution in [0.5, 0.6) is 6.01 Å². The average Bonchev–Trinajstić information content (AvgIpc) is 2.35. The molecule has 1 unspecified atom stereocenters. The van der Waals surface area contributed by atoms with Crippen LogP contribution < -0.4 is 21.1 Å². The number of amides is 1. The molecule has 0 fully saturated rings. The molecule has 0 spiro atoms. The van der Waals surface area contributed by atoms with Crippen molar-refractivity contribution in [2.45, 2.75) is 26.3 Å². The minimum absolute atomic E-state index is 0.204. The van der Waals surface area contributed by atoms with Crippen molar-refractivity contribution in [3.8, 4) is 6.01 Å². The first-order valence-electron chi connectivity index (χ1n) is 5.69. The molecule has 0 aliphatic heterocycles. The van der Waals surface area contributed by atoms with Crippen LogP contribution in [0.4, 0.5) is 11.9 Å². The molecule has 1 atom stereocenters. The number of anilines is 2. The lowest BCUT2D eigenvalue weighted by molar-refractivity contribution is -0.118. The molecule has 0 saturated carbocycles. The SMILES string of the molecule is CCCOc1nc(NC)nc(NC(C)C(N)=O)n1. The van der Waals surface area contributed by atoms with Gasteiger partial charge in [-0.25, -0.2) is 0 Å². The second kappa shape index (κ2) is 6.58. The van der Waals surface area contributed by atoms with E-state index in [2.05, 4.69) is 25.6 Å². The van der Waals surface area contributed by atoms with E-state index in [-0.39, 0.29) is 12.0 Å². The molecule has 1 rings (SSSR count). The molecule has 0 aliphatic carbocycles. The number of hydrogen-bond acceptors (Lipinski definition) is 7. The Kier molecular flexibility index (Phi) is 5.09. The molecule has 0 aliphatic rings. The minimum Gasteiger partial charge on any atom is -0.463 e. The zero-order chi connectivity index (χ0) is 13.5. The maximum absolute atomic E-state index is 11.0. The van der Waals surface area contributed by atoms with E-state index in [1.807, 2.05) is 6.92 Å². The molecule has 1 heterocycles. The van der Waals surface area contributed by atoms with Crippen LogP contribution >= 0.6 is 0 Å². The van der Waals surface area contributed by atoms with Gasteiger partial charge in [-0.3, -0.25) is 4.79 Å². The first-order chi connectivity index (χ1) is 8.56. The Hall–Kier alpha value is -2.12. The van der Waals surface area contributed by atoms with E-state index in [0.29, 0.717) is 12.6 Å². The van der Waals surface area contributed by atoms with E-state index in [0.717, 1.165) is 6.42 Å². The molecular formula is C10H18N6O2. The normalized spacial score (nSPS) is 11.7. The molecule has 100 valence electrons. The van der Waals surface area contributed by atoms with Gasteiger partial charge in [0.05, 0.1) is 6.61 Å². The molecule has 1 aromatic heterocycles. The zero-order valence-electron chi connectivity index (χ0n) is 10.7. The Morgan fingerprint density at radius 1 is 1.39 bits per heavy atom. The van der Waals surface area contributed by atoms with Crippen molar-refractivity contribution in [3.63, 3.8) is 0 Å². The molecule has 0 saturated heterocycles. The molecular weight excluding hydrogens is 236 g/mol. The predicted octanol–water partition coefficient (Wildman–Crippen LogP) is -0.0122. The van der Waals surface area contributed by atoms with Gasteiger partial charge < -0.3 is 21.1 Å². The number of carbonyl (C=O) groups excluding carboxylic acids is 1. The highest BCUT2D eigenvalue weighted by atomic mass is 16.5. The molecule has 8 heteroatoms. The van der Waals surface area contributed by atoms with Crippen molar-refractivity contribution in [3.05, 3.63) is 0 Å². The maximum Gasteiger partial charge on any atom is 0.323 e. The van der Waals surface area contributed by atoms with Crippen LogP contribution in [0.25, 0.3) is 0 Å². The average molecular weight is 254 g/mol. The highest BCUT2D eigenvalue weighted by Gasteiger charge is 2.12. The summed E-state index contributed by atoms with van der Waals surface area (Å²) in [7, 11) is 1.68. The largest absolute Gasteiger partial charge is 0.463 e. The molecule has 0 aromatic carbocycles. The van der Waals surface area contributed by atoms with E-state index < -0.39 is 11.9 Å². The van der Waals surface area contributed by atoms with Gasteiger partial charge in [0.2, 0.25) is 17.8 Å². The summed E-state index contributed by atoms with van der Waals surface area (Å²) in [6.07, 6.45) is 0.848. The summed E-state index contributed by atoms with van der Waals surface area (Å²) in [6.45, 7) is 4.12. The number of carbonyl (C=O) groups is 1. The Labute approximate surface area is 105 Å². The summed E-state index contributed by atoms with van der Waals surface area (Å²) in [6, 6.07) is -0.369. The summed E-state index contributed by atoms with van der Waals surface area (Å²) in [5, 5.41) is 5.56. The lowest BCUT2D eigenvalue weighted by Gasteiger charge is -2.11. The van der Waals surface area contributed by atoms with Crippen LogP contribution in [0, 0.1) is 0 Å². The van der Waals surface area contributed by atoms with Crippen molar-refractivity contribution in [1.29, 1.82) is 0 Å². The van der Waals surface area contributed by atoms with E-state index in [1.54, 1.807) is 14.0 Å². The molecule has 8 nitrogen and oxygen atoms in total. The second-order valence-electron chi connectivity index (χ2n) is 3.63. The number of nitrogens with two attached hydrogens (primary N) is 1. The summed E-state index contributed by atoms with van der Waals surface area (Å²) >= 11 is 0. The third-order valence-electron chi connectivity index (χ3n) is 2.05. The summed E-state index contributed by atoms with van der Waals surface area (Å²) in [4.78, 5) is 23.1. The fourth-order valence-electron chi connectivity index (χ4n) is 1.06. The van der Waals surface area contributed by atoms with Crippen molar-refractivity contribution in [1.82, 2.24) is 15.0 Å². The first kappa shape index (κ1) is 13.9. The van der Waals surface area contributed by atoms with Crippen molar-refractivity contribution in [2.24, 2.45) is 5.73 Å². The van der Waals surface area contributed by atoms with Crippen LogP contribution in [0.3, 0.4) is 0 Å². The van der Waals surface area contributed by atoms with Gasteiger partial charge in [0.15, 0.2) is 0 Å². The molecule has 4 N–H and O–H groups in total. The van der Waals surface area contributed by atoms with E-state index in [4.69, 9.17) is 10.5 Å². The van der Waals surface area contributed by atoms with Gasteiger partial charge in [-0.15, -0.1) is 0 Å². The number of primary amides is 1. The minimum atomic E-state index is -0.573. The topological polar surface area (TPSA) is 115 Å². The highest BCUT2D eigenvalue weighted by Crippen LogP contribution is 2.11. The Morgan fingerprint density at radius 2 is 2.06 bits per heavy atom. The van der Waals surface area contributed by atoms with Gasteiger partial charge in [0, 0.05) is 7.05 Å². The quantitative estimate of drug-likeness (QED) is 0.626. The molecule has 18 heavy (non-hydrogen) atoms. The number of aromatic nitrogens is 3. The number of ether oxygens (including phenoxy) is 1. The summed E-state index contributed by atoms with van der Waals surface area (Å²) < 4.78 is 5.32. The number of nitrogens with zero attached hydrogens (tertiary/aromatic N) is 3. The van der Waals surface area contributed by atoms with Gasteiger partial charge in [-0.1, -0.05) is 6.92 Å². The standard InChI is InChI=1S/C10H18N6O2/c1-4-5-18-10-15-8(12-3)14-9(16-10)13-6(2)7(11)17/h6H,4-5H2,1-3H3,(H2,11,17)(H2,12,13,14,15,16). The molecule has 0 radical (unpaired) electrons. The van der Waals surface area contributed by atoms with Crippen molar-refractivity contribution < 1.29 is 9.53 Å². The Bertz CT molecular complexity index is 411. The first-order valence-corrected chi connectivity index (χ1v) is 5.69. The lowest BCUT2D eigenvalue weighted by atomic mass is 10.3. The van der Waals surface area contributed by atoms with Crippen LogP contribution in [0.2, 0.25) is 0 Å². The third kappa shape index (κ3) is 4.04. The van der Waals surface area contributed by atoms with Crippen molar-refractivity contribution >= 4 is 17.8 Å². The zero-order valence-corrected chi connectivity index (χ0v) is 10.7. The Morgan fingerprint density at radius 3 is 2.61 bits per heavy atom. The van der Waals surface area contributed by atoms with Gasteiger partial charge in [0.25, 0.3) is 0 Å². The monoisotopic (exact) mass is 254 g/mol. The van der Waals surface area contributed by atoms with E-state index in [1.165, 1.54) is 0 Å². The van der Waals surface area contributed by atoms with Crippen LogP contribution in [0.15, 0.2) is 0 Å². The molecule has 0 bridgehead atoms. The Balaban J connectivity index is 2.86. The fraction of sp³-hybridized carbons (Fsp3) is 0.600. The molecule has 1 aromatic rings. The van der Waals surface area contributed by atoms with E-state index in [9.17, 15) is 4.79 Å². The second-order valence-corrected chi connectivity index (χ2v) is 3.63. The molecule has 1 amide bonds.